The van der Waals surface area contributed by atoms with Crippen LogP contribution in [0.4, 0.5) is 0 Å². The summed E-state index contributed by atoms with van der Waals surface area (Å²) in [5.41, 5.74) is 3.61. The highest BCUT2D eigenvalue weighted by Gasteiger charge is 2.08. The second kappa shape index (κ2) is 5.55. The van der Waals surface area contributed by atoms with Gasteiger partial charge in [0.05, 0.1) is 27.7 Å². The molecule has 0 saturated carbocycles. The molecule has 0 aliphatic heterocycles. The predicted molar refractivity (Wildman–Crippen MR) is 92.8 cm³/mol. The van der Waals surface area contributed by atoms with Gasteiger partial charge in [-0.3, -0.25) is 4.79 Å². The number of hydrogen-bond acceptors (Lipinski definition) is 4. The van der Waals surface area contributed by atoms with Gasteiger partial charge in [-0.25, -0.2) is 9.97 Å². The summed E-state index contributed by atoms with van der Waals surface area (Å²) in [6, 6.07) is 13.5. The number of thioether (sulfide) groups is 1. The average Bonchev–Trinajstić information content (AvgIpc) is 2.97. The number of rotatable bonds is 3. The molecule has 114 valence electrons. The molecule has 0 amide bonds. The number of hydrogen-bond donors (Lipinski definition) is 2. The number of nitrogens with zero attached hydrogens (tertiary/aromatic N) is 2. The van der Waals surface area contributed by atoms with Crippen LogP contribution in [0.1, 0.15) is 11.4 Å². The fourth-order valence-corrected chi connectivity index (χ4v) is 3.31. The van der Waals surface area contributed by atoms with Crippen LogP contribution in [-0.2, 0) is 5.75 Å². The molecule has 0 bridgehead atoms. The fourth-order valence-electron chi connectivity index (χ4n) is 2.55. The Bertz CT molecular complexity index is 1030. The maximum absolute atomic E-state index is 12.2. The minimum Gasteiger partial charge on any atom is -0.333 e. The molecular weight excluding hydrogens is 308 g/mol. The van der Waals surface area contributed by atoms with E-state index in [1.54, 1.807) is 6.07 Å². The fraction of sp³-hybridized carbons (Fsp3) is 0.118. The minimum atomic E-state index is -0.0982. The van der Waals surface area contributed by atoms with Gasteiger partial charge in [0, 0.05) is 0 Å². The van der Waals surface area contributed by atoms with Crippen LogP contribution in [-0.4, -0.2) is 19.9 Å². The van der Waals surface area contributed by atoms with Gasteiger partial charge in [0.25, 0.3) is 5.56 Å². The second-order valence-electron chi connectivity index (χ2n) is 5.33. The molecule has 0 unspecified atom stereocenters. The zero-order chi connectivity index (χ0) is 15.8. The molecule has 2 aromatic heterocycles. The number of aromatic amines is 2. The van der Waals surface area contributed by atoms with Gasteiger partial charge in [-0.15, -0.1) is 0 Å². The van der Waals surface area contributed by atoms with Gasteiger partial charge in [-0.1, -0.05) is 36.0 Å². The number of H-pyrrole nitrogens is 2. The summed E-state index contributed by atoms with van der Waals surface area (Å²) >= 11 is 1.52. The van der Waals surface area contributed by atoms with Crippen LogP contribution >= 0.6 is 11.8 Å². The van der Waals surface area contributed by atoms with Gasteiger partial charge in [0.2, 0.25) is 0 Å². The molecule has 2 N–H and O–H groups in total. The van der Waals surface area contributed by atoms with E-state index in [1.807, 2.05) is 43.3 Å². The van der Waals surface area contributed by atoms with Crippen LogP contribution in [0.15, 0.2) is 52.4 Å². The van der Waals surface area contributed by atoms with Crippen LogP contribution in [0.2, 0.25) is 0 Å². The Balaban J connectivity index is 1.65. The van der Waals surface area contributed by atoms with Gasteiger partial charge in [-0.2, -0.15) is 0 Å². The van der Waals surface area contributed by atoms with Gasteiger partial charge in [-0.05, 0) is 30.7 Å². The third-order valence-electron chi connectivity index (χ3n) is 3.70. The van der Waals surface area contributed by atoms with E-state index in [1.165, 1.54) is 11.8 Å². The molecule has 6 heteroatoms. The van der Waals surface area contributed by atoms with Crippen molar-refractivity contribution in [1.82, 2.24) is 19.9 Å². The Labute approximate surface area is 136 Å². The van der Waals surface area contributed by atoms with Crippen molar-refractivity contribution >= 4 is 33.7 Å². The zero-order valence-corrected chi connectivity index (χ0v) is 13.3. The zero-order valence-electron chi connectivity index (χ0n) is 12.5. The van der Waals surface area contributed by atoms with E-state index in [2.05, 4.69) is 19.9 Å². The van der Waals surface area contributed by atoms with E-state index in [0.717, 1.165) is 27.3 Å². The van der Waals surface area contributed by atoms with E-state index >= 15 is 0 Å². The van der Waals surface area contributed by atoms with Crippen molar-refractivity contribution in [1.29, 1.82) is 0 Å². The summed E-state index contributed by atoms with van der Waals surface area (Å²) in [6.07, 6.45) is 0. The predicted octanol–water partition coefficient (Wildman–Crippen LogP) is 3.40. The minimum absolute atomic E-state index is 0.0982. The first-order valence-electron chi connectivity index (χ1n) is 7.27. The molecule has 0 radical (unpaired) electrons. The summed E-state index contributed by atoms with van der Waals surface area (Å²) in [5, 5.41) is 1.45. The number of imidazole rings is 1. The highest BCUT2D eigenvalue weighted by molar-refractivity contribution is 7.98. The molecule has 2 heterocycles. The first-order valence-corrected chi connectivity index (χ1v) is 8.25. The monoisotopic (exact) mass is 322 g/mol. The van der Waals surface area contributed by atoms with Crippen molar-refractivity contribution in [3.8, 4) is 0 Å². The standard InChI is InChI=1S/C17H14N4OS/c1-10-5-4-6-11-15(10)20-14(21-16(11)22)9-23-17-18-12-7-2-3-8-13(12)19-17/h2-8H,9H2,1H3,(H,18,19)(H,20,21,22). The maximum Gasteiger partial charge on any atom is 0.258 e. The largest absolute Gasteiger partial charge is 0.333 e. The van der Waals surface area contributed by atoms with Gasteiger partial charge < -0.3 is 9.97 Å². The lowest BCUT2D eigenvalue weighted by Crippen LogP contribution is -2.11. The van der Waals surface area contributed by atoms with Crippen LogP contribution in [0.3, 0.4) is 0 Å². The molecule has 0 aliphatic rings. The van der Waals surface area contributed by atoms with Crippen molar-refractivity contribution in [3.63, 3.8) is 0 Å². The molecule has 2 aromatic carbocycles. The molecule has 5 nitrogen and oxygen atoms in total. The summed E-state index contributed by atoms with van der Waals surface area (Å²) < 4.78 is 0. The Morgan fingerprint density at radius 2 is 1.91 bits per heavy atom. The molecule has 4 rings (SSSR count). The number of benzene rings is 2. The smallest absolute Gasteiger partial charge is 0.258 e. The van der Waals surface area contributed by atoms with Crippen LogP contribution in [0, 0.1) is 6.92 Å². The molecule has 0 atom stereocenters. The van der Waals surface area contributed by atoms with Crippen LogP contribution < -0.4 is 5.56 Å². The molecule has 0 saturated heterocycles. The van der Waals surface area contributed by atoms with Crippen LogP contribution in [0.25, 0.3) is 21.9 Å². The molecular formula is C17H14N4OS. The first kappa shape index (κ1) is 14.0. The van der Waals surface area contributed by atoms with Gasteiger partial charge in [0.15, 0.2) is 5.16 Å². The first-order chi connectivity index (χ1) is 11.2. The Morgan fingerprint density at radius 1 is 1.04 bits per heavy atom. The van der Waals surface area contributed by atoms with Gasteiger partial charge >= 0.3 is 0 Å². The molecule has 0 spiro atoms. The Hall–Kier alpha value is -2.60. The lowest BCUT2D eigenvalue weighted by Gasteiger charge is -2.04. The average molecular weight is 322 g/mol. The van der Waals surface area contributed by atoms with Crippen molar-refractivity contribution in [3.05, 3.63) is 64.2 Å². The third-order valence-corrected chi connectivity index (χ3v) is 4.58. The maximum atomic E-state index is 12.2. The number of aromatic nitrogens is 4. The number of nitrogens with one attached hydrogen (secondary N) is 2. The normalized spacial score (nSPS) is 11.3. The van der Waals surface area contributed by atoms with E-state index < -0.39 is 0 Å². The quantitative estimate of drug-likeness (QED) is 0.567. The van der Waals surface area contributed by atoms with E-state index in [9.17, 15) is 4.79 Å². The van der Waals surface area contributed by atoms with Crippen molar-refractivity contribution in [2.45, 2.75) is 17.8 Å². The molecule has 23 heavy (non-hydrogen) atoms. The third kappa shape index (κ3) is 2.61. The molecule has 0 aliphatic carbocycles. The highest BCUT2D eigenvalue weighted by atomic mass is 32.2. The number of fused-ring (bicyclic) bond motifs is 2. The van der Waals surface area contributed by atoms with Crippen LogP contribution in [0.5, 0.6) is 0 Å². The number of aryl methyl sites for hydroxylation is 1. The lowest BCUT2D eigenvalue weighted by atomic mass is 10.1. The summed E-state index contributed by atoms with van der Waals surface area (Å²) in [5.74, 6) is 1.21. The van der Waals surface area contributed by atoms with Crippen molar-refractivity contribution in [2.75, 3.05) is 0 Å². The summed E-state index contributed by atoms with van der Waals surface area (Å²) in [6.45, 7) is 1.96. The van der Waals surface area contributed by atoms with Crippen molar-refractivity contribution < 1.29 is 0 Å². The van der Waals surface area contributed by atoms with Gasteiger partial charge in [0.1, 0.15) is 5.82 Å². The summed E-state index contributed by atoms with van der Waals surface area (Å²) in [4.78, 5) is 27.4. The van der Waals surface area contributed by atoms with E-state index in [-0.39, 0.29) is 5.56 Å². The lowest BCUT2D eigenvalue weighted by molar-refractivity contribution is 1.02. The Morgan fingerprint density at radius 3 is 2.78 bits per heavy atom. The molecule has 0 fully saturated rings. The Kier molecular flexibility index (Phi) is 3.38. The highest BCUT2D eigenvalue weighted by Crippen LogP contribution is 2.22. The van der Waals surface area contributed by atoms with Crippen molar-refractivity contribution in [2.24, 2.45) is 0 Å². The number of para-hydroxylation sites is 3. The molecule has 4 aromatic rings. The summed E-state index contributed by atoms with van der Waals surface area (Å²) in [7, 11) is 0. The topological polar surface area (TPSA) is 74.4 Å². The second-order valence-corrected chi connectivity index (χ2v) is 6.30. The van der Waals surface area contributed by atoms with E-state index in [0.29, 0.717) is 17.0 Å². The van der Waals surface area contributed by atoms with E-state index in [4.69, 9.17) is 0 Å². The SMILES string of the molecule is Cc1cccc2c(=O)[nH]c(CSc3nc4ccccc4[nH]3)nc12.